The molecule has 1 aromatic carbocycles. The highest BCUT2D eigenvalue weighted by molar-refractivity contribution is 5.70. The lowest BCUT2D eigenvalue weighted by Gasteiger charge is -2.64. The lowest BCUT2D eigenvalue weighted by atomic mass is 9.37. The summed E-state index contributed by atoms with van der Waals surface area (Å²) in [6.07, 6.45) is 13.5. The number of alkyl halides is 3. The second-order valence-electron chi connectivity index (χ2n) is 13.9. The average molecular weight is 501 g/mol. The number of hydrogen-bond donors (Lipinski definition) is 0. The third-order valence-corrected chi connectivity index (χ3v) is 11.0. The summed E-state index contributed by atoms with van der Waals surface area (Å²) >= 11 is 0. The van der Waals surface area contributed by atoms with Crippen molar-refractivity contribution >= 4 is 5.97 Å². The van der Waals surface area contributed by atoms with E-state index in [9.17, 15) is 13.2 Å². The second-order valence-corrected chi connectivity index (χ2v) is 13.9. The van der Waals surface area contributed by atoms with E-state index in [1.807, 2.05) is 5.92 Å². The molecule has 5 heteroatoms. The highest BCUT2D eigenvalue weighted by Crippen LogP contribution is 2.73. The van der Waals surface area contributed by atoms with Gasteiger partial charge in [0, 0.05) is 35.8 Å². The minimum absolute atomic E-state index is 0.570. The van der Waals surface area contributed by atoms with Crippen molar-refractivity contribution in [1.29, 1.82) is 0 Å². The molecular weight excluding hydrogens is 461 g/mol. The first-order chi connectivity index (χ1) is 16.9. The summed E-state index contributed by atoms with van der Waals surface area (Å²) < 4.78 is 31.5. The Hall–Kier alpha value is -1.65. The van der Waals surface area contributed by atoms with Crippen LogP contribution in [0.1, 0.15) is 93.7 Å². The fraction of sp³-hybridized carbons (Fsp3) is 0.742. The number of aliphatic carboxylic acids is 1. The molecule has 0 aromatic heterocycles. The zero-order chi connectivity index (χ0) is 25.5. The molecule has 1 aromatic rings. The minimum atomic E-state index is -5.19. The summed E-state index contributed by atoms with van der Waals surface area (Å²) in [5, 5.41) is 8.78. The maximum atomic E-state index is 10.5. The van der Waals surface area contributed by atoms with Crippen molar-refractivity contribution in [2.24, 2.45) is 46.3 Å². The first-order valence-corrected chi connectivity index (χ1v) is 14.2. The zero-order valence-electron chi connectivity index (χ0n) is 21.6. The third-order valence-electron chi connectivity index (χ3n) is 11.0. The van der Waals surface area contributed by atoms with Crippen LogP contribution in [0.2, 0.25) is 0 Å². The lowest BCUT2D eigenvalue weighted by molar-refractivity contribution is -0.344. The van der Waals surface area contributed by atoms with Gasteiger partial charge in [0.15, 0.2) is 0 Å². The van der Waals surface area contributed by atoms with Gasteiger partial charge in [0.2, 0.25) is 0 Å². The van der Waals surface area contributed by atoms with Gasteiger partial charge in [-0.25, -0.2) is 0 Å². The second kappa shape index (κ2) is 8.43. The van der Waals surface area contributed by atoms with Crippen LogP contribution in [0.5, 0.6) is 0 Å². The van der Waals surface area contributed by atoms with Crippen molar-refractivity contribution in [2.75, 3.05) is 0 Å². The molecule has 8 fully saturated rings. The first kappa shape index (κ1) is 24.7. The van der Waals surface area contributed by atoms with Gasteiger partial charge in [0.05, 0.1) is 5.56 Å². The summed E-state index contributed by atoms with van der Waals surface area (Å²) in [5.74, 6) is 5.35. The smallest absolute Gasteiger partial charge is 0.430 e. The molecule has 0 saturated heterocycles. The summed E-state index contributed by atoms with van der Waals surface area (Å²) in [5.41, 5.74) is 5.90. The van der Waals surface area contributed by atoms with Crippen LogP contribution in [-0.4, -0.2) is 12.1 Å². The van der Waals surface area contributed by atoms with Gasteiger partial charge in [-0.1, -0.05) is 0 Å². The number of carboxylic acids is 1. The Labute approximate surface area is 213 Å². The van der Waals surface area contributed by atoms with E-state index >= 15 is 0 Å². The molecule has 0 unspecified atom stereocenters. The van der Waals surface area contributed by atoms with Crippen LogP contribution in [-0.2, 0) is 4.79 Å². The topological polar surface area (TPSA) is 40.1 Å². The van der Waals surface area contributed by atoms with Crippen LogP contribution in [0.15, 0.2) is 18.2 Å². The van der Waals surface area contributed by atoms with Crippen molar-refractivity contribution in [3.8, 4) is 0 Å². The molecule has 36 heavy (non-hydrogen) atoms. The largest absolute Gasteiger partial charge is 0.542 e. The number of carbonyl (C=O) groups excluding carboxylic acids is 1. The number of halogens is 3. The Bertz CT molecular complexity index is 911. The highest BCUT2D eigenvalue weighted by atomic mass is 19.4. The molecule has 8 saturated carbocycles. The van der Waals surface area contributed by atoms with E-state index in [4.69, 9.17) is 9.90 Å². The Morgan fingerprint density at radius 1 is 0.778 bits per heavy atom. The molecule has 0 radical (unpaired) electrons. The summed E-state index contributed by atoms with van der Waals surface area (Å²) in [6, 6.07) is 7.51. The van der Waals surface area contributed by atoms with Gasteiger partial charge >= 0.3 is 6.18 Å². The summed E-state index contributed by atoms with van der Waals surface area (Å²) in [4.78, 5) is 8.78. The van der Waals surface area contributed by atoms with Gasteiger partial charge < -0.3 is 9.90 Å². The fourth-order valence-corrected chi connectivity index (χ4v) is 11.1. The van der Waals surface area contributed by atoms with E-state index in [-0.39, 0.29) is 0 Å². The van der Waals surface area contributed by atoms with Gasteiger partial charge in [-0.05, 0) is 131 Å². The number of benzene rings is 1. The number of hydrogen-bond acceptors (Lipinski definition) is 2. The SMILES string of the molecule is Cc1ccc([C+](C23CC4CC(CC(C4)C2)C3)C23CC4CC(CC(C4)C2)C3)c(C)c1.O=C([O-])C(F)(F)F. The Balaban J connectivity index is 0.000000305. The van der Waals surface area contributed by atoms with Crippen LogP contribution >= 0.6 is 0 Å². The monoisotopic (exact) mass is 500 g/mol. The van der Waals surface area contributed by atoms with Gasteiger partial charge in [0.1, 0.15) is 11.5 Å². The Morgan fingerprint density at radius 2 is 1.11 bits per heavy atom. The van der Waals surface area contributed by atoms with E-state index in [1.54, 1.807) is 88.2 Å². The van der Waals surface area contributed by atoms with Crippen molar-refractivity contribution < 1.29 is 23.1 Å². The van der Waals surface area contributed by atoms with Crippen LogP contribution in [0.3, 0.4) is 0 Å². The number of carboxylic acid groups (broad SMARTS) is 1. The standard InChI is InChI=1S/C29H39.C2HF3O2/c1-18-3-4-26(19(2)5-18)27(28-12-20-6-21(13-28)8-22(7-20)14-28)29-15-23-9-24(16-29)11-25(10-23)17-29;3-2(4,5)1(6)7/h3-5,20-25H,6-17H2,1-2H3;(H,6,7)/q+1;/p-1. The molecule has 2 nitrogen and oxygen atoms in total. The summed E-state index contributed by atoms with van der Waals surface area (Å²) in [7, 11) is 0. The molecule has 0 heterocycles. The number of rotatable bonds is 3. The van der Waals surface area contributed by atoms with Crippen LogP contribution in [0, 0.1) is 66.1 Å². The fourth-order valence-electron chi connectivity index (χ4n) is 11.1. The van der Waals surface area contributed by atoms with E-state index in [0.29, 0.717) is 10.8 Å². The van der Waals surface area contributed by atoms with Crippen molar-refractivity contribution in [2.45, 2.75) is 97.1 Å². The van der Waals surface area contributed by atoms with E-state index in [0.717, 1.165) is 35.5 Å². The molecule has 8 bridgehead atoms. The van der Waals surface area contributed by atoms with E-state index in [1.165, 1.54) is 5.56 Å². The van der Waals surface area contributed by atoms with Crippen molar-refractivity contribution in [3.63, 3.8) is 0 Å². The molecule has 8 aliphatic rings. The molecule has 196 valence electrons. The van der Waals surface area contributed by atoms with E-state index in [2.05, 4.69) is 32.0 Å². The molecule has 8 aliphatic carbocycles. The Kier molecular flexibility index (Phi) is 5.78. The maximum absolute atomic E-state index is 10.5. The summed E-state index contributed by atoms with van der Waals surface area (Å²) in [6.45, 7) is 4.72. The number of aryl methyl sites for hydroxylation is 2. The predicted octanol–water partition coefficient (Wildman–Crippen LogP) is 6.96. The molecule has 9 rings (SSSR count). The molecule has 0 spiro atoms. The molecule has 0 N–H and O–H groups in total. The first-order valence-electron chi connectivity index (χ1n) is 14.2. The normalized spacial score (nSPS) is 41.7. The third kappa shape index (κ3) is 4.17. The molecule has 0 aliphatic heterocycles. The average Bonchev–Trinajstić information content (AvgIpc) is 2.73. The maximum Gasteiger partial charge on any atom is 0.430 e. The number of carbonyl (C=O) groups is 1. The minimum Gasteiger partial charge on any atom is -0.542 e. The lowest BCUT2D eigenvalue weighted by Crippen LogP contribution is -2.57. The van der Waals surface area contributed by atoms with Gasteiger partial charge in [-0.2, -0.15) is 13.2 Å². The van der Waals surface area contributed by atoms with E-state index < -0.39 is 12.1 Å². The van der Waals surface area contributed by atoms with Crippen molar-refractivity contribution in [1.82, 2.24) is 0 Å². The highest BCUT2D eigenvalue weighted by Gasteiger charge is 2.66. The van der Waals surface area contributed by atoms with Gasteiger partial charge in [-0.3, -0.25) is 0 Å². The molecular formula is C31H39F3O2. The molecule has 0 amide bonds. The molecule has 0 atom stereocenters. The van der Waals surface area contributed by atoms with Crippen LogP contribution in [0.25, 0.3) is 0 Å². The van der Waals surface area contributed by atoms with Crippen LogP contribution in [0.4, 0.5) is 13.2 Å². The predicted molar refractivity (Wildman–Crippen MR) is 131 cm³/mol. The quantitative estimate of drug-likeness (QED) is 0.421. The zero-order valence-corrected chi connectivity index (χ0v) is 21.6. The van der Waals surface area contributed by atoms with Gasteiger partial charge in [0.25, 0.3) is 0 Å². The Morgan fingerprint density at radius 3 is 1.39 bits per heavy atom. The van der Waals surface area contributed by atoms with Gasteiger partial charge in [-0.15, -0.1) is 0 Å². The van der Waals surface area contributed by atoms with Crippen LogP contribution < -0.4 is 5.11 Å². The van der Waals surface area contributed by atoms with Crippen molar-refractivity contribution in [3.05, 3.63) is 40.8 Å².